The van der Waals surface area contributed by atoms with E-state index in [-0.39, 0.29) is 35.9 Å². The molecule has 0 amide bonds. The lowest BCUT2D eigenvalue weighted by Crippen LogP contribution is -2.39. The van der Waals surface area contributed by atoms with Crippen molar-refractivity contribution in [1.29, 1.82) is 5.26 Å². The van der Waals surface area contributed by atoms with Gasteiger partial charge in [-0.25, -0.2) is 19.2 Å². The Hall–Kier alpha value is -4.60. The summed E-state index contributed by atoms with van der Waals surface area (Å²) in [5.74, 6) is 0.0799. The highest BCUT2D eigenvalue weighted by Crippen LogP contribution is 2.25. The Kier molecular flexibility index (Phi) is 7.94. The lowest BCUT2D eigenvalue weighted by atomic mass is 10.1. The summed E-state index contributed by atoms with van der Waals surface area (Å²) in [6.07, 6.45) is 4.49. The molecule has 2 N–H and O–H groups in total. The van der Waals surface area contributed by atoms with Crippen LogP contribution in [0.25, 0.3) is 11.0 Å². The zero-order chi connectivity index (χ0) is 29.1. The Morgan fingerprint density at radius 3 is 2.71 bits per heavy atom. The monoisotopic (exact) mass is 571 g/mol. The lowest BCUT2D eigenvalue weighted by molar-refractivity contribution is -0.0592. The quantitative estimate of drug-likeness (QED) is 0.287. The topological polar surface area (TPSA) is 138 Å². The molecule has 0 saturated carbocycles. The van der Waals surface area contributed by atoms with Crippen molar-refractivity contribution < 1.29 is 23.8 Å². The number of imidazole rings is 1. The van der Waals surface area contributed by atoms with Gasteiger partial charge in [0, 0.05) is 37.5 Å². The fourth-order valence-corrected chi connectivity index (χ4v) is 5.27. The molecule has 4 aromatic rings. The van der Waals surface area contributed by atoms with Crippen molar-refractivity contribution in [2.45, 2.75) is 51.1 Å². The number of nitrogens with one attached hydrogen (secondary N) is 1. The second-order valence-electron chi connectivity index (χ2n) is 10.6. The van der Waals surface area contributed by atoms with E-state index < -0.39 is 11.8 Å². The van der Waals surface area contributed by atoms with Gasteiger partial charge in [-0.05, 0) is 55.7 Å². The predicted molar refractivity (Wildman–Crippen MR) is 150 cm³/mol. The van der Waals surface area contributed by atoms with Crippen LogP contribution >= 0.6 is 0 Å². The first-order valence-electron chi connectivity index (χ1n) is 13.9. The Bertz CT molecular complexity index is 1640. The van der Waals surface area contributed by atoms with Crippen LogP contribution in [0.2, 0.25) is 0 Å². The van der Waals surface area contributed by atoms with Crippen molar-refractivity contribution in [3.63, 3.8) is 0 Å². The lowest BCUT2D eigenvalue weighted by Gasteiger charge is -2.33. The number of carbonyl (C=O) groups is 1. The van der Waals surface area contributed by atoms with Gasteiger partial charge in [0.15, 0.2) is 0 Å². The summed E-state index contributed by atoms with van der Waals surface area (Å²) in [7, 11) is 0. The van der Waals surface area contributed by atoms with Crippen molar-refractivity contribution in [2.75, 3.05) is 25.0 Å². The molecule has 0 aliphatic carbocycles. The number of carboxylic acid groups (broad SMARTS) is 1. The van der Waals surface area contributed by atoms with Gasteiger partial charge in [0.25, 0.3) is 0 Å². The number of rotatable bonds is 10. The number of fused-ring (bicyclic) bond motifs is 1. The second-order valence-corrected chi connectivity index (χ2v) is 10.6. The minimum atomic E-state index is -0.955. The normalized spacial score (nSPS) is 17.5. The van der Waals surface area contributed by atoms with Gasteiger partial charge in [-0.2, -0.15) is 10.2 Å². The number of aromatic carboxylic acids is 1. The highest BCUT2D eigenvalue weighted by molar-refractivity contribution is 5.92. The Balaban J connectivity index is 1.06. The summed E-state index contributed by atoms with van der Waals surface area (Å²) in [6, 6.07) is 13.3. The number of hydrogen-bond acceptors (Lipinski definition) is 9. The average molecular weight is 572 g/mol. The predicted octanol–water partition coefficient (Wildman–Crippen LogP) is 3.98. The number of aromatic nitrogens is 4. The van der Waals surface area contributed by atoms with Gasteiger partial charge < -0.3 is 24.5 Å². The SMILES string of the molecule is N#Cc1ccc(COc2nccc(NC3CCN(Cc4nc5ccc(C(=O)O)cc5n4C[C@@H]4CCO4)CC3)n2)c(F)c1. The van der Waals surface area contributed by atoms with E-state index in [1.54, 1.807) is 36.5 Å². The molecular weight excluding hydrogens is 541 g/mol. The molecule has 2 aliphatic heterocycles. The first-order chi connectivity index (χ1) is 20.4. The van der Waals surface area contributed by atoms with E-state index >= 15 is 0 Å². The Labute approximate surface area is 241 Å². The number of nitrogens with zero attached hydrogens (tertiary/aromatic N) is 6. The molecule has 0 bridgehead atoms. The molecule has 2 saturated heterocycles. The van der Waals surface area contributed by atoms with E-state index in [1.807, 2.05) is 6.07 Å². The summed E-state index contributed by atoms with van der Waals surface area (Å²) in [5, 5.41) is 21.8. The van der Waals surface area contributed by atoms with E-state index in [1.165, 1.54) is 12.1 Å². The molecule has 2 aromatic heterocycles. The number of benzene rings is 2. The molecule has 6 rings (SSSR count). The third-order valence-corrected chi connectivity index (χ3v) is 7.73. The van der Waals surface area contributed by atoms with Gasteiger partial charge in [-0.1, -0.05) is 6.07 Å². The number of anilines is 1. The molecule has 12 heteroatoms. The van der Waals surface area contributed by atoms with Gasteiger partial charge in [0.05, 0.1) is 47.4 Å². The summed E-state index contributed by atoms with van der Waals surface area (Å²) in [5.41, 5.74) is 2.42. The van der Waals surface area contributed by atoms with Gasteiger partial charge in [0.1, 0.15) is 24.1 Å². The summed E-state index contributed by atoms with van der Waals surface area (Å²) >= 11 is 0. The van der Waals surface area contributed by atoms with Crippen molar-refractivity contribution in [1.82, 2.24) is 24.4 Å². The molecule has 4 heterocycles. The van der Waals surface area contributed by atoms with Crippen LogP contribution in [-0.2, 0) is 24.4 Å². The molecule has 0 spiro atoms. The Morgan fingerprint density at radius 2 is 2.00 bits per heavy atom. The van der Waals surface area contributed by atoms with Crippen molar-refractivity contribution in [3.05, 3.63) is 77.0 Å². The molecule has 2 aromatic carbocycles. The fourth-order valence-electron chi connectivity index (χ4n) is 5.27. The largest absolute Gasteiger partial charge is 0.478 e. The number of hydrogen-bond donors (Lipinski definition) is 2. The molecule has 2 fully saturated rings. The molecule has 216 valence electrons. The van der Waals surface area contributed by atoms with Crippen LogP contribution in [0.5, 0.6) is 6.01 Å². The highest BCUT2D eigenvalue weighted by atomic mass is 19.1. The van der Waals surface area contributed by atoms with Gasteiger partial charge >= 0.3 is 12.0 Å². The van der Waals surface area contributed by atoms with Crippen LogP contribution in [0.3, 0.4) is 0 Å². The first kappa shape index (κ1) is 27.6. The van der Waals surface area contributed by atoms with E-state index in [0.717, 1.165) is 55.8 Å². The van der Waals surface area contributed by atoms with E-state index in [9.17, 15) is 14.3 Å². The third kappa shape index (κ3) is 6.17. The van der Waals surface area contributed by atoms with Gasteiger partial charge in [-0.15, -0.1) is 0 Å². The molecule has 1 atom stereocenters. The number of ether oxygens (including phenoxy) is 2. The van der Waals surface area contributed by atoms with E-state index in [2.05, 4.69) is 24.8 Å². The zero-order valence-electron chi connectivity index (χ0n) is 22.9. The van der Waals surface area contributed by atoms with Crippen LogP contribution in [0.15, 0.2) is 48.7 Å². The summed E-state index contributed by atoms with van der Waals surface area (Å²) < 4.78 is 27.6. The molecule has 42 heavy (non-hydrogen) atoms. The van der Waals surface area contributed by atoms with E-state index in [0.29, 0.717) is 24.5 Å². The summed E-state index contributed by atoms with van der Waals surface area (Å²) in [4.78, 5) is 27.3. The summed E-state index contributed by atoms with van der Waals surface area (Å²) in [6.45, 7) is 3.73. The first-order valence-corrected chi connectivity index (χ1v) is 13.9. The minimum absolute atomic E-state index is 0.0470. The van der Waals surface area contributed by atoms with Crippen LogP contribution in [0, 0.1) is 17.1 Å². The zero-order valence-corrected chi connectivity index (χ0v) is 22.9. The van der Waals surface area contributed by atoms with Gasteiger partial charge in [-0.3, -0.25) is 4.90 Å². The molecular formula is C30H30FN7O4. The molecule has 0 unspecified atom stereocenters. The number of nitriles is 1. The van der Waals surface area contributed by atoms with Crippen LogP contribution < -0.4 is 10.1 Å². The molecule has 0 radical (unpaired) electrons. The van der Waals surface area contributed by atoms with Crippen molar-refractivity contribution >= 4 is 22.8 Å². The van der Waals surface area contributed by atoms with Crippen LogP contribution in [-0.4, -0.2) is 67.3 Å². The van der Waals surface area contributed by atoms with Crippen LogP contribution in [0.1, 0.15) is 46.6 Å². The maximum atomic E-state index is 14.2. The maximum Gasteiger partial charge on any atom is 0.335 e. The Morgan fingerprint density at radius 1 is 1.17 bits per heavy atom. The van der Waals surface area contributed by atoms with Crippen molar-refractivity contribution in [2.24, 2.45) is 0 Å². The highest BCUT2D eigenvalue weighted by Gasteiger charge is 2.25. The third-order valence-electron chi connectivity index (χ3n) is 7.73. The molecule has 2 aliphatic rings. The standard InChI is InChI=1S/C30H30FN7O4/c31-24-13-19(15-32)1-2-21(24)18-42-30-33-9-5-27(36-30)34-22-6-10-37(11-7-22)17-28-35-25-4-3-20(29(39)40)14-26(25)38(28)16-23-8-12-41-23/h1-5,9,13-14,22-23H,6-8,10-12,16-18H2,(H,39,40)(H,33,34,36)/t23-/m0/s1. The smallest absolute Gasteiger partial charge is 0.335 e. The van der Waals surface area contributed by atoms with E-state index in [4.69, 9.17) is 19.7 Å². The maximum absolute atomic E-state index is 14.2. The van der Waals surface area contributed by atoms with Gasteiger partial charge in [0.2, 0.25) is 0 Å². The molecule has 11 nitrogen and oxygen atoms in total. The number of piperidine rings is 1. The van der Waals surface area contributed by atoms with Crippen LogP contribution in [0.4, 0.5) is 10.2 Å². The second kappa shape index (κ2) is 12.1. The average Bonchev–Trinajstić information content (AvgIpc) is 3.31. The number of carboxylic acids is 1. The number of likely N-dealkylation sites (tertiary alicyclic amines) is 1. The minimum Gasteiger partial charge on any atom is -0.478 e. The van der Waals surface area contributed by atoms with Crippen molar-refractivity contribution in [3.8, 4) is 12.1 Å². The number of halogens is 1. The fraction of sp³-hybridized carbons (Fsp3) is 0.367.